The molecule has 2 nitrogen and oxygen atoms in total. The molecule has 51 heavy (non-hydrogen) atoms. The van der Waals surface area contributed by atoms with Gasteiger partial charge in [-0.3, -0.25) is 0 Å². The molecule has 4 heterocycles. The van der Waals surface area contributed by atoms with E-state index < -0.39 is 0 Å². The molecule has 0 spiro atoms. The van der Waals surface area contributed by atoms with Crippen LogP contribution in [-0.4, -0.2) is 12.3 Å². The Balaban J connectivity index is 1.36. The molecule has 0 bridgehead atoms. The maximum Gasteiger partial charge on any atom is 0.252 e. The zero-order chi connectivity index (χ0) is 35.4. The van der Waals surface area contributed by atoms with Crippen molar-refractivity contribution in [3.8, 4) is 0 Å². The third-order valence-corrected chi connectivity index (χ3v) is 14.7. The van der Waals surface area contributed by atoms with Gasteiger partial charge in [0.05, 0.1) is 15.9 Å². The lowest BCUT2D eigenvalue weighted by Crippen LogP contribution is -2.64. The monoisotopic (exact) mass is 684 g/mol. The molecule has 5 aromatic carbocycles. The highest BCUT2D eigenvalue weighted by Crippen LogP contribution is 2.62. The Bertz CT molecular complexity index is 2460. The van der Waals surface area contributed by atoms with E-state index in [1.165, 1.54) is 107 Å². The molecular formula is C47H49BN2S. The smallest absolute Gasteiger partial charge is 0.252 e. The Morgan fingerprint density at radius 2 is 1.39 bits per heavy atom. The largest absolute Gasteiger partial charge is 0.335 e. The highest BCUT2D eigenvalue weighted by molar-refractivity contribution is 7.26. The van der Waals surface area contributed by atoms with Gasteiger partial charge in [0.25, 0.3) is 6.71 Å². The van der Waals surface area contributed by atoms with Gasteiger partial charge in [-0.05, 0) is 106 Å². The molecule has 4 aliphatic rings. The molecule has 6 aromatic rings. The van der Waals surface area contributed by atoms with Crippen molar-refractivity contribution >= 4 is 83.0 Å². The van der Waals surface area contributed by atoms with E-state index in [1.54, 1.807) is 5.56 Å². The number of benzene rings is 5. The average Bonchev–Trinajstić information content (AvgIpc) is 3.56. The maximum absolute atomic E-state index is 2.87. The van der Waals surface area contributed by atoms with Gasteiger partial charge < -0.3 is 9.80 Å². The van der Waals surface area contributed by atoms with E-state index >= 15 is 0 Å². The number of aryl methyl sites for hydroxylation is 1. The van der Waals surface area contributed by atoms with Gasteiger partial charge in [-0.25, -0.2) is 0 Å². The van der Waals surface area contributed by atoms with Crippen molar-refractivity contribution < 1.29 is 0 Å². The second-order valence-corrected chi connectivity index (χ2v) is 19.7. The van der Waals surface area contributed by atoms with E-state index in [-0.39, 0.29) is 28.5 Å². The van der Waals surface area contributed by atoms with Crippen molar-refractivity contribution in [2.24, 2.45) is 0 Å². The Morgan fingerprint density at radius 1 is 0.686 bits per heavy atom. The van der Waals surface area contributed by atoms with E-state index in [0.717, 1.165) is 0 Å². The van der Waals surface area contributed by atoms with Crippen LogP contribution in [0.2, 0.25) is 0 Å². The van der Waals surface area contributed by atoms with Gasteiger partial charge in [0.2, 0.25) is 0 Å². The summed E-state index contributed by atoms with van der Waals surface area (Å²) in [5.41, 5.74) is 17.3. The van der Waals surface area contributed by atoms with Crippen molar-refractivity contribution in [2.75, 3.05) is 9.80 Å². The van der Waals surface area contributed by atoms with Gasteiger partial charge >= 0.3 is 0 Å². The first kappa shape index (κ1) is 31.7. The predicted molar refractivity (Wildman–Crippen MR) is 224 cm³/mol. The van der Waals surface area contributed by atoms with Crippen molar-refractivity contribution in [1.29, 1.82) is 0 Å². The molecule has 1 fully saturated rings. The average molecular weight is 685 g/mol. The summed E-state index contributed by atoms with van der Waals surface area (Å²) in [6.45, 7) is 21.8. The maximum atomic E-state index is 2.87. The van der Waals surface area contributed by atoms with Crippen LogP contribution in [0.25, 0.3) is 20.2 Å². The topological polar surface area (TPSA) is 6.48 Å². The summed E-state index contributed by atoms with van der Waals surface area (Å²) in [6.07, 6.45) is 5.04. The highest BCUT2D eigenvalue weighted by atomic mass is 32.1. The minimum atomic E-state index is 0.0142. The van der Waals surface area contributed by atoms with Crippen molar-refractivity contribution in [2.45, 2.75) is 110 Å². The Hall–Kier alpha value is -4.02. The molecule has 0 amide bonds. The van der Waals surface area contributed by atoms with Crippen molar-refractivity contribution in [3.05, 3.63) is 107 Å². The summed E-state index contributed by atoms with van der Waals surface area (Å²) in [6, 6.07) is 33.7. The molecule has 10 rings (SSSR count). The molecule has 2 unspecified atom stereocenters. The van der Waals surface area contributed by atoms with E-state index in [0.29, 0.717) is 0 Å². The zero-order valence-electron chi connectivity index (χ0n) is 31.8. The third-order valence-electron chi connectivity index (χ3n) is 13.5. The summed E-state index contributed by atoms with van der Waals surface area (Å²) in [7, 11) is 0. The molecule has 2 atom stereocenters. The molecule has 0 saturated heterocycles. The molecule has 1 aliphatic carbocycles. The minimum Gasteiger partial charge on any atom is -0.335 e. The second kappa shape index (κ2) is 10.1. The summed E-state index contributed by atoms with van der Waals surface area (Å²) in [5, 5.41) is 2.72. The molecule has 0 N–H and O–H groups in total. The standard InChI is InChI=1S/C47H49BN2S/c1-28-24-37-40-38(25-28)50-41-34(46(8)22-12-13-23-47(46,50)9)26-30(45(5,6)7)27-36(41)48(40)35-21-20-33-32-14-10-11-15-39(32)51-43(33)42(35)49(37)31-18-16-29(17-19-31)44(2,3)4/h10-11,14-21,24-27H,12-13,22-23H2,1-9H3. The number of fused-ring (bicyclic) bond motifs is 11. The fourth-order valence-electron chi connectivity index (χ4n) is 10.5. The van der Waals surface area contributed by atoms with Gasteiger partial charge in [0, 0.05) is 43.6 Å². The molecule has 0 radical (unpaired) electrons. The molecule has 3 aliphatic heterocycles. The lowest BCUT2D eigenvalue weighted by atomic mass is 9.33. The summed E-state index contributed by atoms with van der Waals surface area (Å²) >= 11 is 1.96. The van der Waals surface area contributed by atoms with Crippen LogP contribution in [0.4, 0.5) is 28.4 Å². The SMILES string of the molecule is Cc1cc2c3c(c1)N1c4c(cc(C(C)(C)C)cc4C4(C)CCCCC14C)B3c1ccc3c(sc4ccccc43)c1N2c1ccc(C(C)(C)C)cc1. The van der Waals surface area contributed by atoms with Gasteiger partial charge in [-0.2, -0.15) is 0 Å². The lowest BCUT2D eigenvalue weighted by molar-refractivity contribution is 0.195. The van der Waals surface area contributed by atoms with E-state index in [4.69, 9.17) is 0 Å². The van der Waals surface area contributed by atoms with Crippen LogP contribution in [0.3, 0.4) is 0 Å². The van der Waals surface area contributed by atoms with Crippen LogP contribution >= 0.6 is 11.3 Å². The molecule has 256 valence electrons. The first-order chi connectivity index (χ1) is 24.2. The summed E-state index contributed by atoms with van der Waals surface area (Å²) in [5.74, 6) is 0. The fraction of sp³-hybridized carbons (Fsp3) is 0.362. The van der Waals surface area contributed by atoms with E-state index in [2.05, 4.69) is 157 Å². The van der Waals surface area contributed by atoms with Crippen LogP contribution in [0.5, 0.6) is 0 Å². The zero-order valence-corrected chi connectivity index (χ0v) is 32.6. The van der Waals surface area contributed by atoms with Crippen LogP contribution in [0.15, 0.2) is 84.9 Å². The number of nitrogens with zero attached hydrogens (tertiary/aromatic N) is 2. The first-order valence-corrected chi connectivity index (χ1v) is 20.0. The summed E-state index contributed by atoms with van der Waals surface area (Å²) < 4.78 is 2.75. The van der Waals surface area contributed by atoms with Crippen LogP contribution in [-0.2, 0) is 16.2 Å². The van der Waals surface area contributed by atoms with Gasteiger partial charge in [-0.1, -0.05) is 116 Å². The Labute approximate surface area is 308 Å². The number of hydrogen-bond donors (Lipinski definition) is 0. The molecule has 1 saturated carbocycles. The lowest BCUT2D eigenvalue weighted by Gasteiger charge is -2.52. The van der Waals surface area contributed by atoms with E-state index in [9.17, 15) is 0 Å². The predicted octanol–water partition coefficient (Wildman–Crippen LogP) is 11.3. The Morgan fingerprint density at radius 3 is 2.14 bits per heavy atom. The van der Waals surface area contributed by atoms with Crippen LogP contribution in [0.1, 0.15) is 103 Å². The van der Waals surface area contributed by atoms with Gasteiger partial charge in [0.15, 0.2) is 0 Å². The molecular weight excluding hydrogens is 635 g/mol. The minimum absolute atomic E-state index is 0.0142. The second-order valence-electron chi connectivity index (χ2n) is 18.6. The van der Waals surface area contributed by atoms with Gasteiger partial charge in [0.1, 0.15) is 0 Å². The normalized spacial score (nSPS) is 21.9. The van der Waals surface area contributed by atoms with Crippen LogP contribution in [0, 0.1) is 6.92 Å². The molecule has 4 heteroatoms. The third kappa shape index (κ3) is 4.06. The van der Waals surface area contributed by atoms with Crippen LogP contribution < -0.4 is 26.2 Å². The summed E-state index contributed by atoms with van der Waals surface area (Å²) in [4.78, 5) is 5.52. The highest BCUT2D eigenvalue weighted by Gasteiger charge is 2.61. The van der Waals surface area contributed by atoms with Crippen molar-refractivity contribution in [3.63, 3.8) is 0 Å². The Kier molecular flexibility index (Phi) is 6.28. The number of hydrogen-bond acceptors (Lipinski definition) is 3. The first-order valence-electron chi connectivity index (χ1n) is 19.2. The van der Waals surface area contributed by atoms with Gasteiger partial charge in [-0.15, -0.1) is 11.3 Å². The fourth-order valence-corrected chi connectivity index (χ4v) is 11.8. The number of rotatable bonds is 1. The van der Waals surface area contributed by atoms with Crippen molar-refractivity contribution in [1.82, 2.24) is 0 Å². The molecule has 1 aromatic heterocycles. The van der Waals surface area contributed by atoms with E-state index in [1.807, 2.05) is 11.3 Å². The number of thiophene rings is 1. The number of anilines is 5. The quantitative estimate of drug-likeness (QED) is 0.159.